The highest BCUT2D eigenvalue weighted by Crippen LogP contribution is 2.59. The molecule has 0 saturated carbocycles. The Labute approximate surface area is 248 Å². The summed E-state index contributed by atoms with van der Waals surface area (Å²) in [7, 11) is -9.37. The Morgan fingerprint density at radius 3 is 0.490 bits per heavy atom. The molecule has 2 aromatic rings. The Morgan fingerprint density at radius 2 is 0.388 bits per heavy atom. The summed E-state index contributed by atoms with van der Waals surface area (Å²) in [6.45, 7) is 0. The minimum Gasteiger partial charge on any atom is -0.218 e. The molecule has 0 radical (unpaired) electrons. The monoisotopic (exact) mass is 798 g/mol. The molecule has 0 amide bonds. The van der Waals surface area contributed by atoms with Crippen LogP contribution in [0.2, 0.25) is 0 Å². The van der Waals surface area contributed by atoms with Gasteiger partial charge in [-0.25, -0.2) is 17.2 Å². The molecule has 0 bridgehead atoms. The maximum atomic E-state index is 14.5. The molecule has 0 spiro atoms. The number of alkyl halides is 24. The van der Waals surface area contributed by atoms with Gasteiger partial charge in [-0.05, 0) is 0 Å². The van der Waals surface area contributed by atoms with Gasteiger partial charge < -0.3 is 0 Å². The number of benzene rings is 2. The van der Waals surface area contributed by atoms with Crippen LogP contribution in [0.4, 0.5) is 114 Å². The van der Waals surface area contributed by atoms with Crippen molar-refractivity contribution in [2.75, 3.05) is 0 Å². The number of sulfone groups is 1. The average molecular weight is 798 g/mol. The van der Waals surface area contributed by atoms with Gasteiger partial charge >= 0.3 is 49.4 Å². The lowest BCUT2D eigenvalue weighted by atomic mass is 9.94. The Bertz CT molecular complexity index is 1520. The lowest BCUT2D eigenvalue weighted by molar-refractivity contribution is -0.178. The Kier molecular flexibility index (Phi) is 9.62. The zero-order valence-electron chi connectivity index (χ0n) is 21.1. The van der Waals surface area contributed by atoms with Crippen molar-refractivity contribution in [3.63, 3.8) is 0 Å². The Morgan fingerprint density at radius 1 is 0.265 bits per heavy atom. The van der Waals surface area contributed by atoms with Gasteiger partial charge in [-0.2, -0.15) is 105 Å². The summed E-state index contributed by atoms with van der Waals surface area (Å²) in [6.07, 6.45) is -61.9. The lowest BCUT2D eigenvalue weighted by Gasteiger charge is -2.30. The van der Waals surface area contributed by atoms with E-state index in [-0.39, 0.29) is 0 Å². The number of hydrogen-bond donors (Lipinski definition) is 0. The molecular formula is C20F26O2S. The normalized spacial score (nSPS) is 14.9. The Hall–Kier alpha value is -3.43. The van der Waals surface area contributed by atoms with Gasteiger partial charge in [0.15, 0.2) is 0 Å². The molecule has 0 N–H and O–H groups in total. The first kappa shape index (κ1) is 41.7. The molecule has 49 heavy (non-hydrogen) atoms. The third-order valence-corrected chi connectivity index (χ3v) is 7.48. The fourth-order valence-corrected chi connectivity index (χ4v) is 6.33. The van der Waals surface area contributed by atoms with Crippen LogP contribution in [0, 0.1) is 11.6 Å². The molecule has 0 aliphatic carbocycles. The van der Waals surface area contributed by atoms with Crippen LogP contribution in [0.1, 0.15) is 44.5 Å². The second-order valence-corrected chi connectivity index (χ2v) is 10.6. The lowest BCUT2D eigenvalue weighted by Crippen LogP contribution is -2.34. The van der Waals surface area contributed by atoms with Gasteiger partial charge in [0.2, 0.25) is 9.84 Å². The van der Waals surface area contributed by atoms with Crippen LogP contribution in [-0.2, 0) is 59.2 Å². The van der Waals surface area contributed by atoms with E-state index in [1.54, 1.807) is 0 Å². The molecule has 0 aromatic heterocycles. The van der Waals surface area contributed by atoms with E-state index in [4.69, 9.17) is 0 Å². The van der Waals surface area contributed by atoms with Crippen molar-refractivity contribution in [2.45, 2.75) is 59.2 Å². The highest BCUT2D eigenvalue weighted by molar-refractivity contribution is 7.91. The van der Waals surface area contributed by atoms with Gasteiger partial charge in [-0.1, -0.05) is 0 Å². The molecule has 0 unspecified atom stereocenters. The van der Waals surface area contributed by atoms with Crippen LogP contribution >= 0.6 is 0 Å². The van der Waals surface area contributed by atoms with E-state index in [1.807, 2.05) is 0 Å². The number of halogens is 26. The number of rotatable bonds is 2. The molecule has 0 aliphatic rings. The minimum absolute atomic E-state index is 4.82. The molecule has 0 atom stereocenters. The quantitative estimate of drug-likeness (QED) is 0.224. The van der Waals surface area contributed by atoms with Gasteiger partial charge in [-0.3, -0.25) is 0 Å². The molecular weight excluding hydrogens is 798 g/mol. The second kappa shape index (κ2) is 11.3. The van der Waals surface area contributed by atoms with Crippen molar-refractivity contribution in [3.05, 3.63) is 56.1 Å². The van der Waals surface area contributed by atoms with E-state index in [0.29, 0.717) is 0 Å². The summed E-state index contributed by atoms with van der Waals surface area (Å²) < 4.78 is 384. The summed E-state index contributed by atoms with van der Waals surface area (Å²) in [5, 5.41) is 0. The van der Waals surface area contributed by atoms with E-state index >= 15 is 0 Å². The van der Waals surface area contributed by atoms with Crippen molar-refractivity contribution in [2.24, 2.45) is 0 Å². The Balaban J connectivity index is 3.98. The predicted molar refractivity (Wildman–Crippen MR) is 98.3 cm³/mol. The third-order valence-electron chi connectivity index (χ3n) is 5.59. The van der Waals surface area contributed by atoms with Gasteiger partial charge in [0.25, 0.3) is 0 Å². The van der Waals surface area contributed by atoms with E-state index in [1.165, 1.54) is 0 Å². The first-order valence-corrected chi connectivity index (χ1v) is 12.1. The highest BCUT2D eigenvalue weighted by atomic mass is 32.2. The van der Waals surface area contributed by atoms with Crippen LogP contribution in [0.3, 0.4) is 0 Å². The first-order chi connectivity index (χ1) is 21.0. The molecule has 0 aliphatic heterocycles. The molecule has 29 heteroatoms. The van der Waals surface area contributed by atoms with Crippen molar-refractivity contribution in [1.29, 1.82) is 0 Å². The highest BCUT2D eigenvalue weighted by Gasteiger charge is 2.63. The van der Waals surface area contributed by atoms with E-state index in [2.05, 4.69) is 0 Å². The average Bonchev–Trinajstić information content (AvgIpc) is 2.76. The van der Waals surface area contributed by atoms with Gasteiger partial charge in [0, 0.05) is 0 Å². The largest absolute Gasteiger partial charge is 0.419 e. The smallest absolute Gasteiger partial charge is 0.218 e. The van der Waals surface area contributed by atoms with Gasteiger partial charge in [0.1, 0.15) is 33.9 Å². The summed E-state index contributed by atoms with van der Waals surface area (Å²) in [6, 6.07) is 0. The topological polar surface area (TPSA) is 34.1 Å². The van der Waals surface area contributed by atoms with E-state index in [0.717, 1.165) is 0 Å². The molecule has 2 rings (SSSR count). The van der Waals surface area contributed by atoms with Crippen LogP contribution in [-0.4, -0.2) is 8.42 Å². The molecule has 280 valence electrons. The standard InChI is InChI=1S/C20F26O2S/c21-9-1(13(23,24)25)5(17(35,36)37)11(6(18(38,39)40)2(9)14(26,27)28)49(47,48)12-7(19(41,42)43)3(15(29,30)31)10(22)4(16(32,33)34)8(12)20(44,45)46. The molecule has 0 fully saturated rings. The van der Waals surface area contributed by atoms with Crippen molar-refractivity contribution in [1.82, 2.24) is 0 Å². The van der Waals surface area contributed by atoms with Crippen LogP contribution in [0.15, 0.2) is 9.79 Å². The van der Waals surface area contributed by atoms with Crippen molar-refractivity contribution < 1.29 is 123 Å². The molecule has 2 nitrogen and oxygen atoms in total. The maximum Gasteiger partial charge on any atom is 0.419 e. The van der Waals surface area contributed by atoms with Gasteiger partial charge in [-0.15, -0.1) is 0 Å². The molecule has 0 saturated heterocycles. The van der Waals surface area contributed by atoms with Crippen molar-refractivity contribution in [3.8, 4) is 0 Å². The second-order valence-electron chi connectivity index (χ2n) is 8.77. The predicted octanol–water partition coefficient (Wildman–Crippen LogP) is 10.9. The number of hydrogen-bond acceptors (Lipinski definition) is 2. The molecule has 2 aromatic carbocycles. The third kappa shape index (κ3) is 7.39. The minimum atomic E-state index is -9.37. The first-order valence-electron chi connectivity index (χ1n) is 10.7. The van der Waals surface area contributed by atoms with Crippen LogP contribution in [0.5, 0.6) is 0 Å². The summed E-state index contributed by atoms with van der Waals surface area (Å²) in [5.74, 6) is -9.64. The van der Waals surface area contributed by atoms with Crippen molar-refractivity contribution >= 4 is 9.84 Å². The molecule has 0 heterocycles. The SMILES string of the molecule is O=S(=O)(c1c(C(F)(F)F)c(C(F)(F)F)c(F)c(C(F)(F)F)c1C(F)(F)F)c1c(C(F)(F)F)c(C(F)(F)F)c(F)c(C(F)(F)F)c1C(F)(F)F. The fraction of sp³-hybridized carbons (Fsp3) is 0.400. The zero-order valence-corrected chi connectivity index (χ0v) is 21.9. The van der Waals surface area contributed by atoms with E-state index in [9.17, 15) is 123 Å². The van der Waals surface area contributed by atoms with Crippen LogP contribution < -0.4 is 0 Å². The summed E-state index contributed by atoms with van der Waals surface area (Å²) in [5.41, 5.74) is -40.2. The van der Waals surface area contributed by atoms with Gasteiger partial charge in [0.05, 0.1) is 32.0 Å². The van der Waals surface area contributed by atoms with Crippen LogP contribution in [0.25, 0.3) is 0 Å². The zero-order chi connectivity index (χ0) is 39.4. The summed E-state index contributed by atoms with van der Waals surface area (Å²) >= 11 is 0. The summed E-state index contributed by atoms with van der Waals surface area (Å²) in [4.78, 5) is -10.5. The fourth-order valence-electron chi connectivity index (χ4n) is 4.18. The maximum absolute atomic E-state index is 14.5. The van der Waals surface area contributed by atoms with E-state index < -0.39 is 125 Å².